The summed E-state index contributed by atoms with van der Waals surface area (Å²) >= 11 is 0. The molecule has 0 unspecified atom stereocenters. The number of methoxy groups -OCH3 is 1. The summed E-state index contributed by atoms with van der Waals surface area (Å²) in [4.78, 5) is 14.5. The second-order valence-corrected chi connectivity index (χ2v) is 8.83. The fourth-order valence-corrected chi connectivity index (χ4v) is 5.13. The maximum Gasteiger partial charge on any atom is 0.289 e. The van der Waals surface area contributed by atoms with E-state index in [0.717, 1.165) is 0 Å². The van der Waals surface area contributed by atoms with Crippen molar-refractivity contribution in [2.75, 3.05) is 25.5 Å². The van der Waals surface area contributed by atoms with Crippen molar-refractivity contribution in [1.82, 2.24) is 9.62 Å². The summed E-state index contributed by atoms with van der Waals surface area (Å²) in [6.07, 6.45) is 0.947. The molecule has 0 spiro atoms. The fourth-order valence-electron chi connectivity index (χ4n) is 3.77. The molecule has 0 radical (unpaired) electrons. The van der Waals surface area contributed by atoms with Gasteiger partial charge < -0.3 is 19.4 Å². The molecule has 2 aliphatic rings. The van der Waals surface area contributed by atoms with Gasteiger partial charge in [0.2, 0.25) is 10.0 Å². The van der Waals surface area contributed by atoms with E-state index in [-0.39, 0.29) is 16.7 Å². The molecule has 2 aromatic rings. The molecule has 28 heavy (non-hydrogen) atoms. The standard InChI is InChI=1S/C19H23N3O5S/c1-12-3-5-16(27-12)19(23)22-9-7-13(8-10-22)18-20-15-11-14(26-2)4-6-17(15)28(24,25)21-18/h3-6,11,13,18,20-21H,7-10H2,1-2H3/t18-/m0/s1. The van der Waals surface area contributed by atoms with Gasteiger partial charge in [-0.1, -0.05) is 0 Å². The zero-order valence-electron chi connectivity index (χ0n) is 15.8. The molecule has 1 aromatic heterocycles. The van der Waals surface area contributed by atoms with Gasteiger partial charge >= 0.3 is 0 Å². The van der Waals surface area contributed by atoms with E-state index in [9.17, 15) is 13.2 Å². The molecular formula is C19H23N3O5S. The Morgan fingerprint density at radius 2 is 1.96 bits per heavy atom. The molecule has 1 amide bonds. The van der Waals surface area contributed by atoms with E-state index in [1.54, 1.807) is 43.2 Å². The predicted octanol–water partition coefficient (Wildman–Crippen LogP) is 2.18. The summed E-state index contributed by atoms with van der Waals surface area (Å²) < 4.78 is 38.6. The Balaban J connectivity index is 1.45. The Morgan fingerprint density at radius 1 is 1.21 bits per heavy atom. The number of carbonyl (C=O) groups excluding carboxylic acids is 1. The number of furan rings is 1. The van der Waals surface area contributed by atoms with Crippen molar-refractivity contribution in [3.63, 3.8) is 0 Å². The second kappa shape index (κ2) is 7.14. The molecule has 3 heterocycles. The van der Waals surface area contributed by atoms with Gasteiger partial charge in [-0.25, -0.2) is 8.42 Å². The van der Waals surface area contributed by atoms with Crippen molar-refractivity contribution in [3.8, 4) is 5.75 Å². The average molecular weight is 405 g/mol. The van der Waals surface area contributed by atoms with Gasteiger partial charge in [-0.3, -0.25) is 4.79 Å². The van der Waals surface area contributed by atoms with E-state index in [2.05, 4.69) is 10.0 Å². The number of fused-ring (bicyclic) bond motifs is 1. The number of ether oxygens (including phenoxy) is 1. The SMILES string of the molecule is COc1ccc2c(c1)N[C@H](C1CCN(C(=O)c3ccc(C)o3)CC1)NS2(=O)=O. The first-order valence-electron chi connectivity index (χ1n) is 9.20. The van der Waals surface area contributed by atoms with E-state index in [1.165, 1.54) is 6.07 Å². The van der Waals surface area contributed by atoms with Crippen molar-refractivity contribution in [1.29, 1.82) is 0 Å². The van der Waals surface area contributed by atoms with Crippen molar-refractivity contribution < 1.29 is 22.4 Å². The highest BCUT2D eigenvalue weighted by molar-refractivity contribution is 7.89. The summed E-state index contributed by atoms with van der Waals surface area (Å²) in [7, 11) is -2.06. The van der Waals surface area contributed by atoms with Crippen LogP contribution in [-0.4, -0.2) is 45.6 Å². The number of piperidine rings is 1. The van der Waals surface area contributed by atoms with Gasteiger partial charge in [-0.05, 0) is 49.9 Å². The minimum Gasteiger partial charge on any atom is -0.497 e. The number of benzene rings is 1. The van der Waals surface area contributed by atoms with E-state index in [1.807, 2.05) is 0 Å². The van der Waals surface area contributed by atoms with Gasteiger partial charge in [0.25, 0.3) is 5.91 Å². The summed E-state index contributed by atoms with van der Waals surface area (Å²) in [6.45, 7) is 2.90. The summed E-state index contributed by atoms with van der Waals surface area (Å²) in [5.41, 5.74) is 0.535. The van der Waals surface area contributed by atoms with Crippen molar-refractivity contribution in [3.05, 3.63) is 41.9 Å². The molecule has 0 saturated carbocycles. The molecule has 0 bridgehead atoms. The maximum absolute atomic E-state index is 12.6. The molecule has 2 N–H and O–H groups in total. The quantitative estimate of drug-likeness (QED) is 0.812. The van der Waals surface area contributed by atoms with Crippen LogP contribution in [0.15, 0.2) is 39.6 Å². The van der Waals surface area contributed by atoms with E-state index in [0.29, 0.717) is 48.9 Å². The monoisotopic (exact) mass is 405 g/mol. The smallest absolute Gasteiger partial charge is 0.289 e. The zero-order chi connectivity index (χ0) is 19.9. The van der Waals surface area contributed by atoms with Gasteiger partial charge in [0, 0.05) is 19.2 Å². The topological polar surface area (TPSA) is 101 Å². The highest BCUT2D eigenvalue weighted by Crippen LogP contribution is 2.33. The number of aryl methyl sites for hydroxylation is 1. The van der Waals surface area contributed by atoms with Crippen LogP contribution in [0, 0.1) is 12.8 Å². The van der Waals surface area contributed by atoms with Crippen LogP contribution in [0.3, 0.4) is 0 Å². The Bertz CT molecular complexity index is 993. The van der Waals surface area contributed by atoms with Crippen LogP contribution in [-0.2, 0) is 10.0 Å². The number of sulfonamides is 1. The Labute approximate surface area is 163 Å². The molecular weight excluding hydrogens is 382 g/mol. The highest BCUT2D eigenvalue weighted by Gasteiger charge is 2.36. The number of hydrogen-bond donors (Lipinski definition) is 2. The first-order valence-corrected chi connectivity index (χ1v) is 10.7. The van der Waals surface area contributed by atoms with E-state index >= 15 is 0 Å². The van der Waals surface area contributed by atoms with Crippen LogP contribution in [0.1, 0.15) is 29.2 Å². The molecule has 9 heteroatoms. The summed E-state index contributed by atoms with van der Waals surface area (Å²) in [5, 5.41) is 3.28. The number of likely N-dealkylation sites (tertiary alicyclic amines) is 1. The average Bonchev–Trinajstić information content (AvgIpc) is 3.12. The van der Waals surface area contributed by atoms with Gasteiger partial charge in [0.15, 0.2) is 5.76 Å². The molecule has 8 nitrogen and oxygen atoms in total. The molecule has 1 fully saturated rings. The maximum atomic E-state index is 12.6. The van der Waals surface area contributed by atoms with Gasteiger partial charge in [-0.2, -0.15) is 4.72 Å². The largest absolute Gasteiger partial charge is 0.497 e. The Hall–Kier alpha value is -2.52. The number of nitrogens with one attached hydrogen (secondary N) is 2. The van der Waals surface area contributed by atoms with Crippen LogP contribution >= 0.6 is 0 Å². The van der Waals surface area contributed by atoms with Crippen molar-refractivity contribution >= 4 is 21.6 Å². The summed E-state index contributed by atoms with van der Waals surface area (Å²) in [5.74, 6) is 1.58. The highest BCUT2D eigenvalue weighted by atomic mass is 32.2. The number of hydrogen-bond acceptors (Lipinski definition) is 6. The minimum absolute atomic E-state index is 0.0662. The van der Waals surface area contributed by atoms with Crippen LogP contribution in [0.4, 0.5) is 5.69 Å². The normalized spacial score (nSPS) is 21.6. The first kappa shape index (κ1) is 18.8. The number of carbonyl (C=O) groups is 1. The number of anilines is 1. The lowest BCUT2D eigenvalue weighted by molar-refractivity contribution is 0.0646. The molecule has 1 atom stereocenters. The van der Waals surface area contributed by atoms with Crippen LogP contribution < -0.4 is 14.8 Å². The van der Waals surface area contributed by atoms with Gasteiger partial charge in [-0.15, -0.1) is 0 Å². The lowest BCUT2D eigenvalue weighted by Crippen LogP contribution is -2.52. The molecule has 4 rings (SSSR count). The minimum atomic E-state index is -3.60. The second-order valence-electron chi connectivity index (χ2n) is 7.15. The Kier molecular flexibility index (Phi) is 4.80. The molecule has 1 saturated heterocycles. The third kappa shape index (κ3) is 3.47. The first-order chi connectivity index (χ1) is 13.4. The van der Waals surface area contributed by atoms with Crippen molar-refractivity contribution in [2.45, 2.75) is 30.8 Å². The molecule has 2 aliphatic heterocycles. The molecule has 0 aliphatic carbocycles. The summed E-state index contributed by atoms with van der Waals surface area (Å²) in [6, 6.07) is 8.31. The lowest BCUT2D eigenvalue weighted by Gasteiger charge is -2.38. The van der Waals surface area contributed by atoms with Crippen LogP contribution in [0.5, 0.6) is 5.75 Å². The molecule has 150 valence electrons. The zero-order valence-corrected chi connectivity index (χ0v) is 16.6. The lowest BCUT2D eigenvalue weighted by atomic mass is 9.93. The van der Waals surface area contributed by atoms with E-state index < -0.39 is 16.2 Å². The predicted molar refractivity (Wildman–Crippen MR) is 103 cm³/mol. The van der Waals surface area contributed by atoms with Crippen molar-refractivity contribution in [2.24, 2.45) is 5.92 Å². The van der Waals surface area contributed by atoms with E-state index in [4.69, 9.17) is 9.15 Å². The Morgan fingerprint density at radius 3 is 2.61 bits per heavy atom. The fraction of sp³-hybridized carbons (Fsp3) is 0.421. The number of nitrogens with zero attached hydrogens (tertiary/aromatic N) is 1. The van der Waals surface area contributed by atoms with Crippen LogP contribution in [0.25, 0.3) is 0 Å². The third-order valence-corrected chi connectivity index (χ3v) is 6.82. The number of rotatable bonds is 3. The van der Waals surface area contributed by atoms with Gasteiger partial charge in [0.05, 0.1) is 19.0 Å². The molecule has 1 aromatic carbocycles. The van der Waals surface area contributed by atoms with Crippen LogP contribution in [0.2, 0.25) is 0 Å². The number of amides is 1. The third-order valence-electron chi connectivity index (χ3n) is 5.32. The van der Waals surface area contributed by atoms with Gasteiger partial charge in [0.1, 0.15) is 16.4 Å².